The molecule has 0 atom stereocenters. The first-order chi connectivity index (χ1) is 12.1. The summed E-state index contributed by atoms with van der Waals surface area (Å²) in [6.45, 7) is 0.356. The summed E-state index contributed by atoms with van der Waals surface area (Å²) in [4.78, 5) is 16.3. The SMILES string of the molecule is O=C(NCc1cccc(F)c1)c1csc(COc2cccc(F)c2)n1. The summed E-state index contributed by atoms with van der Waals surface area (Å²) in [6, 6.07) is 11.8. The summed E-state index contributed by atoms with van der Waals surface area (Å²) in [5.74, 6) is -0.684. The monoisotopic (exact) mass is 360 g/mol. The van der Waals surface area contributed by atoms with Gasteiger partial charge in [-0.15, -0.1) is 11.3 Å². The van der Waals surface area contributed by atoms with Crippen LogP contribution in [0.2, 0.25) is 0 Å². The van der Waals surface area contributed by atoms with Crippen LogP contribution in [0.25, 0.3) is 0 Å². The summed E-state index contributed by atoms with van der Waals surface area (Å²) >= 11 is 1.27. The first kappa shape index (κ1) is 17.0. The van der Waals surface area contributed by atoms with Crippen LogP contribution in [0.15, 0.2) is 53.9 Å². The fraction of sp³-hybridized carbons (Fsp3) is 0.111. The van der Waals surface area contributed by atoms with E-state index in [0.717, 1.165) is 0 Å². The predicted octanol–water partition coefficient (Wildman–Crippen LogP) is 3.93. The molecular formula is C18H14F2N2O2S. The van der Waals surface area contributed by atoms with E-state index in [1.165, 1.54) is 35.6 Å². The summed E-state index contributed by atoms with van der Waals surface area (Å²) in [7, 11) is 0. The van der Waals surface area contributed by atoms with E-state index in [-0.39, 0.29) is 36.4 Å². The van der Waals surface area contributed by atoms with E-state index in [2.05, 4.69) is 10.3 Å². The molecule has 0 unspecified atom stereocenters. The fourth-order valence-corrected chi connectivity index (χ4v) is 2.79. The summed E-state index contributed by atoms with van der Waals surface area (Å²) in [5, 5.41) is 4.90. The maximum atomic E-state index is 13.1. The van der Waals surface area contributed by atoms with Crippen molar-refractivity contribution in [2.75, 3.05) is 0 Å². The van der Waals surface area contributed by atoms with Gasteiger partial charge in [-0.2, -0.15) is 0 Å². The quantitative estimate of drug-likeness (QED) is 0.725. The molecule has 0 fully saturated rings. The lowest BCUT2D eigenvalue weighted by Crippen LogP contribution is -2.23. The van der Waals surface area contributed by atoms with E-state index in [4.69, 9.17) is 4.74 Å². The van der Waals surface area contributed by atoms with Crippen LogP contribution in [0.3, 0.4) is 0 Å². The van der Waals surface area contributed by atoms with Crippen LogP contribution >= 0.6 is 11.3 Å². The lowest BCUT2D eigenvalue weighted by molar-refractivity contribution is 0.0946. The van der Waals surface area contributed by atoms with E-state index in [1.807, 2.05) is 0 Å². The number of carbonyl (C=O) groups is 1. The number of halogens is 2. The van der Waals surface area contributed by atoms with Gasteiger partial charge in [-0.1, -0.05) is 18.2 Å². The molecule has 0 aliphatic rings. The van der Waals surface area contributed by atoms with Gasteiger partial charge in [0.15, 0.2) is 0 Å². The van der Waals surface area contributed by atoms with Crippen molar-refractivity contribution in [2.45, 2.75) is 13.2 Å². The molecule has 0 radical (unpaired) electrons. The van der Waals surface area contributed by atoms with E-state index in [0.29, 0.717) is 16.3 Å². The number of nitrogens with one attached hydrogen (secondary N) is 1. The van der Waals surface area contributed by atoms with Gasteiger partial charge in [-0.3, -0.25) is 4.79 Å². The molecule has 7 heteroatoms. The van der Waals surface area contributed by atoms with Gasteiger partial charge in [0.25, 0.3) is 5.91 Å². The molecule has 0 saturated carbocycles. The molecule has 128 valence electrons. The number of nitrogens with zero attached hydrogens (tertiary/aromatic N) is 1. The van der Waals surface area contributed by atoms with Gasteiger partial charge in [0.05, 0.1) is 0 Å². The van der Waals surface area contributed by atoms with Gasteiger partial charge in [0.1, 0.15) is 34.7 Å². The molecule has 25 heavy (non-hydrogen) atoms. The van der Waals surface area contributed by atoms with E-state index in [9.17, 15) is 13.6 Å². The van der Waals surface area contributed by atoms with E-state index in [1.54, 1.807) is 29.6 Å². The minimum atomic E-state index is -0.381. The molecule has 1 amide bonds. The van der Waals surface area contributed by atoms with Crippen molar-refractivity contribution in [1.82, 2.24) is 10.3 Å². The Morgan fingerprint density at radius 3 is 2.64 bits per heavy atom. The van der Waals surface area contributed by atoms with Crippen LogP contribution in [0.1, 0.15) is 21.1 Å². The van der Waals surface area contributed by atoms with Crippen LogP contribution in [0.5, 0.6) is 5.75 Å². The number of hydrogen-bond donors (Lipinski definition) is 1. The molecule has 0 aliphatic heterocycles. The Morgan fingerprint density at radius 1 is 1.12 bits per heavy atom. The van der Waals surface area contributed by atoms with Gasteiger partial charge >= 0.3 is 0 Å². The highest BCUT2D eigenvalue weighted by Gasteiger charge is 2.11. The van der Waals surface area contributed by atoms with Crippen molar-refractivity contribution in [3.05, 3.63) is 81.8 Å². The van der Waals surface area contributed by atoms with E-state index < -0.39 is 0 Å². The highest BCUT2D eigenvalue weighted by atomic mass is 32.1. The lowest BCUT2D eigenvalue weighted by Gasteiger charge is -2.04. The molecule has 1 aromatic heterocycles. The Kier molecular flexibility index (Phi) is 5.35. The van der Waals surface area contributed by atoms with Crippen molar-refractivity contribution in [2.24, 2.45) is 0 Å². The van der Waals surface area contributed by atoms with Gasteiger partial charge in [-0.25, -0.2) is 13.8 Å². The molecule has 1 heterocycles. The maximum absolute atomic E-state index is 13.1. The highest BCUT2D eigenvalue weighted by Crippen LogP contribution is 2.16. The van der Waals surface area contributed by atoms with Crippen molar-refractivity contribution < 1.29 is 18.3 Å². The van der Waals surface area contributed by atoms with Crippen molar-refractivity contribution >= 4 is 17.2 Å². The van der Waals surface area contributed by atoms with Crippen LogP contribution < -0.4 is 10.1 Å². The van der Waals surface area contributed by atoms with Crippen LogP contribution in [0, 0.1) is 11.6 Å². The molecule has 0 spiro atoms. The van der Waals surface area contributed by atoms with Crippen LogP contribution in [-0.2, 0) is 13.2 Å². The number of hydrogen-bond acceptors (Lipinski definition) is 4. The summed E-state index contributed by atoms with van der Waals surface area (Å²) in [6.07, 6.45) is 0. The number of amides is 1. The topological polar surface area (TPSA) is 51.2 Å². The Hall–Kier alpha value is -2.80. The van der Waals surface area contributed by atoms with Gasteiger partial charge < -0.3 is 10.1 Å². The number of aromatic nitrogens is 1. The molecular weight excluding hydrogens is 346 g/mol. The number of carbonyl (C=O) groups excluding carboxylic acids is 1. The third-order valence-electron chi connectivity index (χ3n) is 3.28. The minimum absolute atomic E-state index is 0.144. The maximum Gasteiger partial charge on any atom is 0.271 e. The molecule has 3 rings (SSSR count). The average Bonchev–Trinajstić information content (AvgIpc) is 3.07. The number of ether oxygens (including phenoxy) is 1. The second-order valence-electron chi connectivity index (χ2n) is 5.19. The Bertz CT molecular complexity index is 883. The molecule has 3 aromatic rings. The summed E-state index contributed by atoms with van der Waals surface area (Å²) < 4.78 is 31.6. The first-order valence-electron chi connectivity index (χ1n) is 7.45. The third-order valence-corrected chi connectivity index (χ3v) is 4.11. The second kappa shape index (κ2) is 7.85. The molecule has 2 aromatic carbocycles. The zero-order chi connectivity index (χ0) is 17.6. The molecule has 0 bridgehead atoms. The van der Waals surface area contributed by atoms with Gasteiger partial charge in [-0.05, 0) is 29.8 Å². The molecule has 0 saturated heterocycles. The zero-order valence-electron chi connectivity index (χ0n) is 13.0. The molecule has 0 aliphatic carbocycles. The second-order valence-corrected chi connectivity index (χ2v) is 6.13. The van der Waals surface area contributed by atoms with E-state index >= 15 is 0 Å². The Balaban J connectivity index is 1.54. The number of rotatable bonds is 6. The number of benzene rings is 2. The molecule has 4 nitrogen and oxygen atoms in total. The van der Waals surface area contributed by atoms with Crippen molar-refractivity contribution in [3.63, 3.8) is 0 Å². The predicted molar refractivity (Wildman–Crippen MR) is 90.4 cm³/mol. The number of thiazole rings is 1. The minimum Gasteiger partial charge on any atom is -0.486 e. The highest BCUT2D eigenvalue weighted by molar-refractivity contribution is 7.09. The fourth-order valence-electron chi connectivity index (χ4n) is 2.10. The van der Waals surface area contributed by atoms with Crippen LogP contribution in [0.4, 0.5) is 8.78 Å². The van der Waals surface area contributed by atoms with Crippen molar-refractivity contribution in [1.29, 1.82) is 0 Å². The van der Waals surface area contributed by atoms with Crippen LogP contribution in [-0.4, -0.2) is 10.9 Å². The normalized spacial score (nSPS) is 10.5. The van der Waals surface area contributed by atoms with Gasteiger partial charge in [0.2, 0.25) is 0 Å². The molecule has 1 N–H and O–H groups in total. The van der Waals surface area contributed by atoms with Gasteiger partial charge in [0, 0.05) is 18.0 Å². The Labute approximate surface area is 147 Å². The standard InChI is InChI=1S/C18H14F2N2O2S/c19-13-4-1-3-12(7-13)9-21-18(23)16-11-25-17(22-16)10-24-15-6-2-5-14(20)8-15/h1-8,11H,9-10H2,(H,21,23). The third kappa shape index (κ3) is 4.84. The summed E-state index contributed by atoms with van der Waals surface area (Å²) in [5.41, 5.74) is 0.928. The first-order valence-corrected chi connectivity index (χ1v) is 8.33. The zero-order valence-corrected chi connectivity index (χ0v) is 13.9. The van der Waals surface area contributed by atoms with Crippen molar-refractivity contribution in [3.8, 4) is 5.75 Å². The smallest absolute Gasteiger partial charge is 0.271 e. The largest absolute Gasteiger partial charge is 0.486 e. The lowest BCUT2D eigenvalue weighted by atomic mass is 10.2. The Morgan fingerprint density at radius 2 is 1.88 bits per heavy atom. The average molecular weight is 360 g/mol.